The molecule has 0 fully saturated rings. The van der Waals surface area contributed by atoms with Crippen LogP contribution in [0.25, 0.3) is 0 Å². The Balaban J connectivity index is 3.02. The molecular weight excluding hydrogens is 192 g/mol. The molecule has 1 N–H and O–H groups in total. The lowest BCUT2D eigenvalue weighted by atomic mass is 10.1. The van der Waals surface area contributed by atoms with Gasteiger partial charge in [0.2, 0.25) is 0 Å². The highest BCUT2D eigenvalue weighted by Crippen LogP contribution is 2.10. The molecule has 0 saturated heterocycles. The summed E-state index contributed by atoms with van der Waals surface area (Å²) in [5.41, 5.74) is 0. The summed E-state index contributed by atoms with van der Waals surface area (Å²) >= 11 is 0. The molecule has 0 aliphatic heterocycles. The maximum atomic E-state index is 10.2. The Hall–Kier alpha value is -0.570. The van der Waals surface area contributed by atoms with Gasteiger partial charge in [-0.25, -0.2) is 0 Å². The number of hydrogen-bond acceptors (Lipinski definition) is 2. The van der Waals surface area contributed by atoms with Gasteiger partial charge in [-0.1, -0.05) is 32.1 Å². The largest absolute Gasteiger partial charge is 0.481 e. The Morgan fingerprint density at radius 3 is 2.20 bits per heavy atom. The smallest absolute Gasteiger partial charge is 0.303 e. The van der Waals surface area contributed by atoms with Crippen molar-refractivity contribution < 1.29 is 14.6 Å². The monoisotopic (exact) mass is 216 g/mol. The molecular formula is C12H24O3. The van der Waals surface area contributed by atoms with E-state index in [9.17, 15) is 4.79 Å². The van der Waals surface area contributed by atoms with Crippen LogP contribution in [-0.4, -0.2) is 24.3 Å². The molecule has 3 heteroatoms. The van der Waals surface area contributed by atoms with Gasteiger partial charge in [0.05, 0.1) is 6.10 Å². The van der Waals surface area contributed by atoms with Crippen LogP contribution >= 0.6 is 0 Å². The van der Waals surface area contributed by atoms with Gasteiger partial charge in [-0.15, -0.1) is 0 Å². The normalized spacial score (nSPS) is 12.7. The first-order chi connectivity index (χ1) is 7.16. The van der Waals surface area contributed by atoms with Gasteiger partial charge in [-0.2, -0.15) is 0 Å². The Bertz CT molecular complexity index is 157. The van der Waals surface area contributed by atoms with Crippen molar-refractivity contribution in [2.75, 3.05) is 7.11 Å². The van der Waals surface area contributed by atoms with Crippen molar-refractivity contribution >= 4 is 5.97 Å². The van der Waals surface area contributed by atoms with Crippen molar-refractivity contribution in [1.82, 2.24) is 0 Å². The lowest BCUT2D eigenvalue weighted by Gasteiger charge is -2.08. The summed E-state index contributed by atoms with van der Waals surface area (Å²) < 4.78 is 5.16. The van der Waals surface area contributed by atoms with Gasteiger partial charge in [0.1, 0.15) is 0 Å². The molecule has 0 rings (SSSR count). The SMILES string of the molecule is COC(C)CCCCCCCCC(=O)O. The third-order valence-corrected chi connectivity index (χ3v) is 2.65. The van der Waals surface area contributed by atoms with Gasteiger partial charge in [-0.05, 0) is 19.8 Å². The van der Waals surface area contributed by atoms with Crippen LogP contribution in [-0.2, 0) is 9.53 Å². The molecule has 0 aromatic rings. The summed E-state index contributed by atoms with van der Waals surface area (Å²) in [4.78, 5) is 10.2. The number of unbranched alkanes of at least 4 members (excludes halogenated alkanes) is 5. The third kappa shape index (κ3) is 11.4. The first-order valence-electron chi connectivity index (χ1n) is 5.91. The molecule has 0 amide bonds. The van der Waals surface area contributed by atoms with E-state index in [0.29, 0.717) is 12.5 Å². The molecule has 0 bridgehead atoms. The zero-order chi connectivity index (χ0) is 11.5. The zero-order valence-electron chi connectivity index (χ0n) is 10.00. The van der Waals surface area contributed by atoms with E-state index in [-0.39, 0.29) is 0 Å². The van der Waals surface area contributed by atoms with E-state index in [1.807, 2.05) is 0 Å². The second-order valence-corrected chi connectivity index (χ2v) is 4.10. The fourth-order valence-corrected chi connectivity index (χ4v) is 1.53. The highest BCUT2D eigenvalue weighted by molar-refractivity contribution is 5.66. The van der Waals surface area contributed by atoms with Gasteiger partial charge in [0, 0.05) is 13.5 Å². The van der Waals surface area contributed by atoms with Gasteiger partial charge < -0.3 is 9.84 Å². The van der Waals surface area contributed by atoms with Crippen molar-refractivity contribution in [2.24, 2.45) is 0 Å². The molecule has 0 radical (unpaired) electrons. The maximum Gasteiger partial charge on any atom is 0.303 e. The Labute approximate surface area is 92.8 Å². The van der Waals surface area contributed by atoms with Crippen LogP contribution in [0.3, 0.4) is 0 Å². The van der Waals surface area contributed by atoms with Crippen LogP contribution in [0.1, 0.15) is 58.3 Å². The second-order valence-electron chi connectivity index (χ2n) is 4.10. The second kappa shape index (κ2) is 9.97. The number of carbonyl (C=O) groups is 1. The van der Waals surface area contributed by atoms with E-state index >= 15 is 0 Å². The molecule has 15 heavy (non-hydrogen) atoms. The zero-order valence-corrected chi connectivity index (χ0v) is 10.00. The minimum Gasteiger partial charge on any atom is -0.481 e. The number of aliphatic carboxylic acids is 1. The summed E-state index contributed by atoms with van der Waals surface area (Å²) in [6.45, 7) is 2.09. The topological polar surface area (TPSA) is 46.5 Å². The molecule has 1 unspecified atom stereocenters. The molecule has 0 heterocycles. The van der Waals surface area contributed by atoms with Crippen LogP contribution < -0.4 is 0 Å². The van der Waals surface area contributed by atoms with Crippen molar-refractivity contribution in [1.29, 1.82) is 0 Å². The number of methoxy groups -OCH3 is 1. The third-order valence-electron chi connectivity index (χ3n) is 2.65. The van der Waals surface area contributed by atoms with Crippen LogP contribution in [0.5, 0.6) is 0 Å². The van der Waals surface area contributed by atoms with Gasteiger partial charge in [0.25, 0.3) is 0 Å². The Morgan fingerprint density at radius 2 is 1.67 bits per heavy atom. The molecule has 0 aliphatic carbocycles. The quantitative estimate of drug-likeness (QED) is 0.570. The standard InChI is InChI=1S/C12H24O3/c1-11(15-2)9-7-5-3-4-6-8-10-12(13)14/h11H,3-10H2,1-2H3,(H,13,14). The van der Waals surface area contributed by atoms with E-state index in [1.54, 1.807) is 7.11 Å². The van der Waals surface area contributed by atoms with E-state index in [1.165, 1.54) is 19.3 Å². The number of carboxylic acids is 1. The number of rotatable bonds is 10. The van der Waals surface area contributed by atoms with Gasteiger partial charge >= 0.3 is 5.97 Å². The lowest BCUT2D eigenvalue weighted by Crippen LogP contribution is -2.03. The Kier molecular flexibility index (Phi) is 9.59. The maximum absolute atomic E-state index is 10.2. The molecule has 0 aliphatic rings. The van der Waals surface area contributed by atoms with Crippen LogP contribution in [0.2, 0.25) is 0 Å². The lowest BCUT2D eigenvalue weighted by molar-refractivity contribution is -0.137. The van der Waals surface area contributed by atoms with Crippen molar-refractivity contribution in [3.05, 3.63) is 0 Å². The van der Waals surface area contributed by atoms with Crippen LogP contribution in [0.15, 0.2) is 0 Å². The molecule has 90 valence electrons. The van der Waals surface area contributed by atoms with Crippen molar-refractivity contribution in [2.45, 2.75) is 64.4 Å². The van der Waals surface area contributed by atoms with Gasteiger partial charge in [0.15, 0.2) is 0 Å². The summed E-state index contributed by atoms with van der Waals surface area (Å²) in [6.07, 6.45) is 8.53. The minimum atomic E-state index is -0.677. The summed E-state index contributed by atoms with van der Waals surface area (Å²) in [5.74, 6) is -0.677. The van der Waals surface area contributed by atoms with Crippen LogP contribution in [0.4, 0.5) is 0 Å². The predicted octanol–water partition coefficient (Wildman–Crippen LogP) is 3.23. The predicted molar refractivity (Wildman–Crippen MR) is 61.0 cm³/mol. The number of hydrogen-bond donors (Lipinski definition) is 1. The van der Waals surface area contributed by atoms with Gasteiger partial charge in [-0.3, -0.25) is 4.79 Å². The summed E-state index contributed by atoms with van der Waals surface area (Å²) in [7, 11) is 1.75. The highest BCUT2D eigenvalue weighted by atomic mass is 16.5. The first kappa shape index (κ1) is 14.4. The fourth-order valence-electron chi connectivity index (χ4n) is 1.53. The minimum absolute atomic E-state index is 0.320. The highest BCUT2D eigenvalue weighted by Gasteiger charge is 1.99. The van der Waals surface area contributed by atoms with E-state index < -0.39 is 5.97 Å². The molecule has 0 aromatic carbocycles. The van der Waals surface area contributed by atoms with Crippen molar-refractivity contribution in [3.8, 4) is 0 Å². The van der Waals surface area contributed by atoms with E-state index in [0.717, 1.165) is 25.7 Å². The molecule has 1 atom stereocenters. The summed E-state index contributed by atoms with van der Waals surface area (Å²) in [5, 5.41) is 8.43. The average molecular weight is 216 g/mol. The van der Waals surface area contributed by atoms with Crippen molar-refractivity contribution in [3.63, 3.8) is 0 Å². The molecule has 0 spiro atoms. The van der Waals surface area contributed by atoms with E-state index in [2.05, 4.69) is 6.92 Å². The Morgan fingerprint density at radius 1 is 1.13 bits per heavy atom. The number of ether oxygens (including phenoxy) is 1. The molecule has 3 nitrogen and oxygen atoms in total. The van der Waals surface area contributed by atoms with Crippen LogP contribution in [0, 0.1) is 0 Å². The molecule has 0 aromatic heterocycles. The first-order valence-corrected chi connectivity index (χ1v) is 5.91. The fraction of sp³-hybridized carbons (Fsp3) is 0.917. The average Bonchev–Trinajstić information content (AvgIpc) is 2.21. The number of carboxylic acid groups (broad SMARTS) is 1. The summed E-state index contributed by atoms with van der Waals surface area (Å²) in [6, 6.07) is 0. The van der Waals surface area contributed by atoms with E-state index in [4.69, 9.17) is 9.84 Å². The molecule has 0 saturated carbocycles.